The molecule has 168 valence electrons. The highest BCUT2D eigenvalue weighted by molar-refractivity contribution is 5.68. The Labute approximate surface area is 180 Å². The van der Waals surface area contributed by atoms with E-state index in [1.807, 2.05) is 51.1 Å². The van der Waals surface area contributed by atoms with E-state index in [1.165, 1.54) is 0 Å². The molecular weight excluding hydrogens is 382 g/mol. The standard InChI is InChI=1S/C23H37N3O4/c1-23(2,3)30-21(27)25(4)14-8-13-24-17-19-11-15-26(16-12-19)22(28)29-18-20-9-6-5-7-10-20/h5-7,9-10,19,24H,8,11-18H2,1-4H3. The molecule has 0 aliphatic carbocycles. The van der Waals surface area contributed by atoms with Gasteiger partial charge in [-0.25, -0.2) is 9.59 Å². The molecule has 1 aliphatic rings. The number of likely N-dealkylation sites (tertiary alicyclic amines) is 1. The van der Waals surface area contributed by atoms with Crippen molar-refractivity contribution in [2.45, 2.75) is 52.2 Å². The summed E-state index contributed by atoms with van der Waals surface area (Å²) >= 11 is 0. The van der Waals surface area contributed by atoms with Gasteiger partial charge in [0.05, 0.1) is 0 Å². The number of nitrogens with zero attached hydrogens (tertiary/aromatic N) is 2. The second kappa shape index (κ2) is 11.8. The second-order valence-corrected chi connectivity index (χ2v) is 8.93. The van der Waals surface area contributed by atoms with Crippen LogP contribution in [0.4, 0.5) is 9.59 Å². The topological polar surface area (TPSA) is 71.1 Å². The number of nitrogens with one attached hydrogen (secondary N) is 1. The van der Waals surface area contributed by atoms with Gasteiger partial charge >= 0.3 is 12.2 Å². The normalized spacial score (nSPS) is 15.0. The number of amides is 2. The van der Waals surface area contributed by atoms with Crippen molar-refractivity contribution >= 4 is 12.2 Å². The van der Waals surface area contributed by atoms with Crippen LogP contribution >= 0.6 is 0 Å². The number of hydrogen-bond acceptors (Lipinski definition) is 5. The maximum Gasteiger partial charge on any atom is 0.410 e. The van der Waals surface area contributed by atoms with Gasteiger partial charge in [0, 0.05) is 26.7 Å². The third-order valence-electron chi connectivity index (χ3n) is 5.06. The van der Waals surface area contributed by atoms with Crippen LogP contribution in [0.2, 0.25) is 0 Å². The zero-order valence-corrected chi connectivity index (χ0v) is 18.9. The van der Waals surface area contributed by atoms with Crippen LogP contribution in [0.15, 0.2) is 30.3 Å². The minimum absolute atomic E-state index is 0.226. The van der Waals surface area contributed by atoms with Gasteiger partial charge in [0.15, 0.2) is 0 Å². The molecule has 0 radical (unpaired) electrons. The maximum absolute atomic E-state index is 12.2. The first kappa shape index (κ1) is 24.0. The van der Waals surface area contributed by atoms with Gasteiger partial charge in [-0.2, -0.15) is 0 Å². The Morgan fingerprint density at radius 1 is 1.17 bits per heavy atom. The van der Waals surface area contributed by atoms with Crippen LogP contribution in [0.1, 0.15) is 45.6 Å². The molecule has 0 spiro atoms. The number of ether oxygens (including phenoxy) is 2. The highest BCUT2D eigenvalue weighted by atomic mass is 16.6. The van der Waals surface area contributed by atoms with Crippen molar-refractivity contribution in [3.8, 4) is 0 Å². The molecular formula is C23H37N3O4. The summed E-state index contributed by atoms with van der Waals surface area (Å²) in [6.45, 7) is 9.85. The van der Waals surface area contributed by atoms with Crippen LogP contribution in [-0.2, 0) is 16.1 Å². The number of piperidine rings is 1. The van der Waals surface area contributed by atoms with Gasteiger partial charge in [-0.15, -0.1) is 0 Å². The lowest BCUT2D eigenvalue weighted by Crippen LogP contribution is -2.41. The van der Waals surface area contributed by atoms with Crippen molar-refractivity contribution in [2.24, 2.45) is 5.92 Å². The zero-order chi connectivity index (χ0) is 22.0. The van der Waals surface area contributed by atoms with E-state index < -0.39 is 5.60 Å². The van der Waals surface area contributed by atoms with Crippen molar-refractivity contribution in [1.82, 2.24) is 15.1 Å². The number of benzene rings is 1. The van der Waals surface area contributed by atoms with Crippen molar-refractivity contribution < 1.29 is 19.1 Å². The van der Waals surface area contributed by atoms with Crippen molar-refractivity contribution in [1.29, 1.82) is 0 Å². The Kier molecular flexibility index (Phi) is 9.43. The van der Waals surface area contributed by atoms with Gasteiger partial charge in [-0.3, -0.25) is 0 Å². The van der Waals surface area contributed by atoms with Gasteiger partial charge in [0.1, 0.15) is 12.2 Å². The van der Waals surface area contributed by atoms with E-state index in [9.17, 15) is 9.59 Å². The number of carbonyl (C=O) groups is 2. The van der Waals surface area contributed by atoms with Crippen LogP contribution in [0.3, 0.4) is 0 Å². The minimum atomic E-state index is -0.466. The molecule has 1 aliphatic heterocycles. The summed E-state index contributed by atoms with van der Waals surface area (Å²) < 4.78 is 10.8. The third kappa shape index (κ3) is 9.03. The van der Waals surface area contributed by atoms with Crippen LogP contribution in [-0.4, -0.2) is 67.4 Å². The Balaban J connectivity index is 1.54. The van der Waals surface area contributed by atoms with E-state index in [1.54, 1.807) is 16.8 Å². The largest absolute Gasteiger partial charge is 0.445 e. The summed E-state index contributed by atoms with van der Waals surface area (Å²) in [5, 5.41) is 3.47. The lowest BCUT2D eigenvalue weighted by molar-refractivity contribution is 0.0297. The van der Waals surface area contributed by atoms with Gasteiger partial charge in [0.25, 0.3) is 0 Å². The second-order valence-electron chi connectivity index (χ2n) is 8.93. The SMILES string of the molecule is CN(CCCNCC1CCN(C(=O)OCc2ccccc2)CC1)C(=O)OC(C)(C)C. The van der Waals surface area contributed by atoms with E-state index in [0.717, 1.165) is 51.0 Å². The third-order valence-corrected chi connectivity index (χ3v) is 5.06. The van der Waals surface area contributed by atoms with E-state index in [-0.39, 0.29) is 12.2 Å². The van der Waals surface area contributed by atoms with Gasteiger partial charge < -0.3 is 24.6 Å². The summed E-state index contributed by atoms with van der Waals surface area (Å²) in [5.74, 6) is 0.562. The van der Waals surface area contributed by atoms with E-state index >= 15 is 0 Å². The fourth-order valence-electron chi connectivity index (χ4n) is 3.31. The molecule has 2 rings (SSSR count). The highest BCUT2D eigenvalue weighted by Gasteiger charge is 2.23. The summed E-state index contributed by atoms with van der Waals surface area (Å²) in [5.41, 5.74) is 0.536. The molecule has 1 saturated heterocycles. The molecule has 0 unspecified atom stereocenters. The summed E-state index contributed by atoms with van der Waals surface area (Å²) in [4.78, 5) is 27.6. The smallest absolute Gasteiger partial charge is 0.410 e. The molecule has 0 aromatic heterocycles. The molecule has 0 atom stereocenters. The monoisotopic (exact) mass is 419 g/mol. The van der Waals surface area contributed by atoms with Crippen molar-refractivity contribution in [2.75, 3.05) is 39.8 Å². The number of hydrogen-bond donors (Lipinski definition) is 1. The summed E-state index contributed by atoms with van der Waals surface area (Å²) in [7, 11) is 1.76. The van der Waals surface area contributed by atoms with Gasteiger partial charge in [0.2, 0.25) is 0 Å². The Hall–Kier alpha value is -2.28. The van der Waals surface area contributed by atoms with E-state index in [2.05, 4.69) is 5.32 Å². The van der Waals surface area contributed by atoms with Crippen LogP contribution in [0.5, 0.6) is 0 Å². The fraction of sp³-hybridized carbons (Fsp3) is 0.652. The molecule has 1 heterocycles. The van der Waals surface area contributed by atoms with Gasteiger partial charge in [-0.05, 0) is 64.6 Å². The molecule has 1 fully saturated rings. The Morgan fingerprint density at radius 2 is 1.83 bits per heavy atom. The van der Waals surface area contributed by atoms with E-state index in [0.29, 0.717) is 19.1 Å². The molecule has 0 saturated carbocycles. The van der Waals surface area contributed by atoms with Crippen LogP contribution in [0.25, 0.3) is 0 Å². The first-order valence-corrected chi connectivity index (χ1v) is 10.8. The minimum Gasteiger partial charge on any atom is -0.445 e. The predicted octanol–water partition coefficient (Wildman–Crippen LogP) is 3.88. The van der Waals surface area contributed by atoms with E-state index in [4.69, 9.17) is 9.47 Å². The summed E-state index contributed by atoms with van der Waals surface area (Å²) in [6.07, 6.45) is 2.32. The molecule has 30 heavy (non-hydrogen) atoms. The molecule has 7 nitrogen and oxygen atoms in total. The average molecular weight is 420 g/mol. The summed E-state index contributed by atoms with van der Waals surface area (Å²) in [6, 6.07) is 9.74. The fourth-order valence-corrected chi connectivity index (χ4v) is 3.31. The molecule has 1 aromatic rings. The van der Waals surface area contributed by atoms with Gasteiger partial charge in [-0.1, -0.05) is 30.3 Å². The zero-order valence-electron chi connectivity index (χ0n) is 18.9. The van der Waals surface area contributed by atoms with Crippen molar-refractivity contribution in [3.63, 3.8) is 0 Å². The van der Waals surface area contributed by atoms with Crippen molar-refractivity contribution in [3.05, 3.63) is 35.9 Å². The Morgan fingerprint density at radius 3 is 2.47 bits per heavy atom. The first-order chi connectivity index (χ1) is 14.2. The van der Waals surface area contributed by atoms with Crippen LogP contribution < -0.4 is 5.32 Å². The quantitative estimate of drug-likeness (QED) is 0.648. The molecule has 1 N–H and O–H groups in total. The molecule has 7 heteroatoms. The molecule has 1 aromatic carbocycles. The lowest BCUT2D eigenvalue weighted by atomic mass is 9.97. The average Bonchev–Trinajstić information content (AvgIpc) is 2.71. The maximum atomic E-state index is 12.2. The Bertz CT molecular complexity index is 652. The predicted molar refractivity (Wildman–Crippen MR) is 117 cm³/mol. The lowest BCUT2D eigenvalue weighted by Gasteiger charge is -2.31. The molecule has 2 amide bonds. The first-order valence-electron chi connectivity index (χ1n) is 10.8. The molecule has 0 bridgehead atoms. The highest BCUT2D eigenvalue weighted by Crippen LogP contribution is 2.17. The number of rotatable bonds is 8. The van der Waals surface area contributed by atoms with Crippen LogP contribution in [0, 0.1) is 5.92 Å². The number of carbonyl (C=O) groups excluding carboxylic acids is 2.